The van der Waals surface area contributed by atoms with E-state index in [2.05, 4.69) is 32.2 Å². The van der Waals surface area contributed by atoms with E-state index in [4.69, 9.17) is 9.26 Å². The van der Waals surface area contributed by atoms with Crippen LogP contribution in [0.15, 0.2) is 77.4 Å². The molecule has 0 aliphatic rings. The fourth-order valence-electron chi connectivity index (χ4n) is 2.99. The average Bonchev–Trinajstić information content (AvgIpc) is 3.25. The van der Waals surface area contributed by atoms with Crippen molar-refractivity contribution in [1.82, 2.24) is 15.1 Å². The van der Waals surface area contributed by atoms with Gasteiger partial charge in [-0.05, 0) is 42.0 Å². The lowest BCUT2D eigenvalue weighted by Crippen LogP contribution is -2.18. The van der Waals surface area contributed by atoms with Crippen molar-refractivity contribution in [2.75, 3.05) is 19.1 Å². The van der Waals surface area contributed by atoms with Gasteiger partial charge in [-0.3, -0.25) is 0 Å². The van der Waals surface area contributed by atoms with Crippen LogP contribution in [0.4, 0.5) is 5.82 Å². The van der Waals surface area contributed by atoms with Crippen molar-refractivity contribution in [3.8, 4) is 28.6 Å². The van der Waals surface area contributed by atoms with E-state index in [-0.39, 0.29) is 0 Å². The van der Waals surface area contributed by atoms with Crippen LogP contribution < -0.4 is 9.64 Å². The molecule has 140 valence electrons. The molecule has 0 aliphatic carbocycles. The van der Waals surface area contributed by atoms with Gasteiger partial charge in [-0.25, -0.2) is 4.98 Å². The molecular weight excluding hydrogens is 352 g/mol. The molecule has 6 heteroatoms. The van der Waals surface area contributed by atoms with Crippen molar-refractivity contribution < 1.29 is 9.26 Å². The van der Waals surface area contributed by atoms with E-state index in [9.17, 15) is 0 Å². The number of nitrogens with zero attached hydrogens (tertiary/aromatic N) is 4. The third kappa shape index (κ3) is 3.71. The van der Waals surface area contributed by atoms with Gasteiger partial charge in [0, 0.05) is 25.4 Å². The maximum absolute atomic E-state index is 5.54. The second-order valence-corrected chi connectivity index (χ2v) is 6.37. The van der Waals surface area contributed by atoms with Crippen LogP contribution in [0, 0.1) is 0 Å². The number of hydrogen-bond acceptors (Lipinski definition) is 6. The van der Waals surface area contributed by atoms with Crippen molar-refractivity contribution in [3.05, 3.63) is 78.5 Å². The third-order valence-electron chi connectivity index (χ3n) is 4.42. The molecule has 28 heavy (non-hydrogen) atoms. The van der Waals surface area contributed by atoms with Crippen LogP contribution in [0.2, 0.25) is 0 Å². The van der Waals surface area contributed by atoms with Gasteiger partial charge in [0.2, 0.25) is 5.82 Å². The Bertz CT molecular complexity index is 1050. The van der Waals surface area contributed by atoms with Crippen LogP contribution >= 0.6 is 0 Å². The number of aromatic nitrogens is 3. The first-order valence-corrected chi connectivity index (χ1v) is 8.93. The van der Waals surface area contributed by atoms with Crippen LogP contribution in [0.5, 0.6) is 5.75 Å². The van der Waals surface area contributed by atoms with Crippen LogP contribution in [0.3, 0.4) is 0 Å². The number of hydrogen-bond donors (Lipinski definition) is 0. The fourth-order valence-corrected chi connectivity index (χ4v) is 2.99. The van der Waals surface area contributed by atoms with Gasteiger partial charge < -0.3 is 14.2 Å². The van der Waals surface area contributed by atoms with Crippen molar-refractivity contribution >= 4 is 5.82 Å². The molecule has 2 aromatic heterocycles. The van der Waals surface area contributed by atoms with Crippen LogP contribution in [0.25, 0.3) is 22.8 Å². The Kier molecular flexibility index (Phi) is 5.01. The molecule has 0 fully saturated rings. The zero-order valence-corrected chi connectivity index (χ0v) is 15.7. The number of ether oxygens (including phenoxy) is 1. The zero-order valence-electron chi connectivity index (χ0n) is 15.7. The highest BCUT2D eigenvalue weighted by Crippen LogP contribution is 2.29. The third-order valence-corrected chi connectivity index (χ3v) is 4.42. The van der Waals surface area contributed by atoms with Gasteiger partial charge in [-0.1, -0.05) is 35.5 Å². The van der Waals surface area contributed by atoms with E-state index in [0.717, 1.165) is 29.2 Å². The minimum atomic E-state index is 0.439. The molecule has 0 saturated carbocycles. The highest BCUT2D eigenvalue weighted by atomic mass is 16.5. The van der Waals surface area contributed by atoms with Gasteiger partial charge in [-0.15, -0.1) is 0 Å². The summed E-state index contributed by atoms with van der Waals surface area (Å²) >= 11 is 0. The van der Waals surface area contributed by atoms with Crippen LogP contribution in [0.1, 0.15) is 5.56 Å². The summed E-state index contributed by atoms with van der Waals surface area (Å²) in [6.45, 7) is 0.727. The Morgan fingerprint density at radius 3 is 2.50 bits per heavy atom. The molecule has 0 unspecified atom stereocenters. The first-order chi connectivity index (χ1) is 13.7. The van der Waals surface area contributed by atoms with E-state index in [1.54, 1.807) is 13.3 Å². The summed E-state index contributed by atoms with van der Waals surface area (Å²) < 4.78 is 10.7. The molecule has 4 rings (SSSR count). The van der Waals surface area contributed by atoms with E-state index in [1.165, 1.54) is 5.56 Å². The van der Waals surface area contributed by atoms with Crippen molar-refractivity contribution in [2.45, 2.75) is 6.54 Å². The molecule has 0 N–H and O–H groups in total. The quantitative estimate of drug-likeness (QED) is 0.498. The van der Waals surface area contributed by atoms with Gasteiger partial charge in [0.1, 0.15) is 11.6 Å². The first kappa shape index (κ1) is 17.7. The molecule has 2 aromatic carbocycles. The molecule has 0 bridgehead atoms. The molecule has 0 atom stereocenters. The number of pyridine rings is 1. The largest absolute Gasteiger partial charge is 0.497 e. The summed E-state index contributed by atoms with van der Waals surface area (Å²) in [5.74, 6) is 2.54. The second-order valence-electron chi connectivity index (χ2n) is 6.37. The number of rotatable bonds is 6. The summed E-state index contributed by atoms with van der Waals surface area (Å²) in [6.07, 6.45) is 1.76. The van der Waals surface area contributed by atoms with Crippen molar-refractivity contribution in [1.29, 1.82) is 0 Å². The van der Waals surface area contributed by atoms with E-state index in [1.807, 2.05) is 61.6 Å². The van der Waals surface area contributed by atoms with E-state index < -0.39 is 0 Å². The molecular formula is C22H20N4O2. The normalized spacial score (nSPS) is 10.6. The van der Waals surface area contributed by atoms with E-state index >= 15 is 0 Å². The predicted octanol–water partition coefficient (Wildman–Crippen LogP) is 4.44. The van der Waals surface area contributed by atoms with Crippen molar-refractivity contribution in [2.24, 2.45) is 0 Å². The average molecular weight is 372 g/mol. The number of methoxy groups -OCH3 is 1. The maximum atomic E-state index is 5.54. The molecule has 4 aromatic rings. The predicted molar refractivity (Wildman–Crippen MR) is 108 cm³/mol. The molecule has 0 radical (unpaired) electrons. The molecule has 0 spiro atoms. The number of anilines is 1. The Hall–Kier alpha value is -3.67. The van der Waals surface area contributed by atoms with Crippen LogP contribution in [-0.4, -0.2) is 29.3 Å². The summed E-state index contributed by atoms with van der Waals surface area (Å²) in [5.41, 5.74) is 2.86. The summed E-state index contributed by atoms with van der Waals surface area (Å²) in [6, 6.07) is 21.6. The van der Waals surface area contributed by atoms with Crippen molar-refractivity contribution in [3.63, 3.8) is 0 Å². The second kappa shape index (κ2) is 7.92. The topological polar surface area (TPSA) is 64.3 Å². The van der Waals surface area contributed by atoms with E-state index in [0.29, 0.717) is 11.7 Å². The minimum absolute atomic E-state index is 0.439. The summed E-state index contributed by atoms with van der Waals surface area (Å²) in [7, 11) is 3.64. The lowest BCUT2D eigenvalue weighted by Gasteiger charge is -2.20. The smallest absolute Gasteiger partial charge is 0.261 e. The Morgan fingerprint density at radius 2 is 1.75 bits per heavy atom. The molecule has 0 saturated heterocycles. The molecule has 0 aliphatic heterocycles. The Labute approximate surface area is 163 Å². The lowest BCUT2D eigenvalue weighted by atomic mass is 10.2. The summed E-state index contributed by atoms with van der Waals surface area (Å²) in [4.78, 5) is 11.2. The molecule has 2 heterocycles. The molecule has 0 amide bonds. The monoisotopic (exact) mass is 372 g/mol. The first-order valence-electron chi connectivity index (χ1n) is 8.93. The maximum Gasteiger partial charge on any atom is 0.261 e. The van der Waals surface area contributed by atoms with Gasteiger partial charge in [-0.2, -0.15) is 4.98 Å². The number of benzene rings is 2. The highest BCUT2D eigenvalue weighted by molar-refractivity contribution is 5.71. The Balaban J connectivity index is 1.62. The minimum Gasteiger partial charge on any atom is -0.497 e. The zero-order chi connectivity index (χ0) is 19.3. The Morgan fingerprint density at radius 1 is 0.964 bits per heavy atom. The van der Waals surface area contributed by atoms with Gasteiger partial charge in [0.05, 0.1) is 12.7 Å². The fraction of sp³-hybridized carbons (Fsp3) is 0.136. The molecule has 6 nitrogen and oxygen atoms in total. The van der Waals surface area contributed by atoms with Gasteiger partial charge in [0.25, 0.3) is 5.89 Å². The van der Waals surface area contributed by atoms with Gasteiger partial charge >= 0.3 is 0 Å². The highest BCUT2D eigenvalue weighted by Gasteiger charge is 2.17. The SMILES string of the molecule is COc1ccc(-c2noc(-c3cccnc3N(C)Cc3ccccc3)n2)cc1. The lowest BCUT2D eigenvalue weighted by molar-refractivity contribution is 0.415. The standard InChI is InChI=1S/C22H20N4O2/c1-26(15-16-7-4-3-5-8-16)21-19(9-6-14-23-21)22-24-20(25-28-22)17-10-12-18(27-2)13-11-17/h3-14H,15H2,1-2H3. The van der Waals surface area contributed by atoms with Crippen LogP contribution in [-0.2, 0) is 6.54 Å². The van der Waals surface area contributed by atoms with Gasteiger partial charge in [0.15, 0.2) is 0 Å². The summed E-state index contributed by atoms with van der Waals surface area (Å²) in [5, 5.41) is 4.13.